The van der Waals surface area contributed by atoms with Gasteiger partial charge in [-0.25, -0.2) is 0 Å². The Labute approximate surface area is 272 Å². The van der Waals surface area contributed by atoms with E-state index in [1.54, 1.807) is 0 Å². The fraction of sp³-hybridized carbons (Fsp3) is 0. The SMILES string of the molecule is c1ccc(-c2c3ccccc3c(-c3cccc(-n4c5c6ccccc6ccc5c5ccc6ccccc6c54)c3)c3ccccc23)cc1. The molecule has 218 valence electrons. The molecule has 0 fully saturated rings. The Kier molecular flexibility index (Phi) is 5.64. The predicted molar refractivity (Wildman–Crippen MR) is 202 cm³/mol. The summed E-state index contributed by atoms with van der Waals surface area (Å²) in [6, 6.07) is 64.5. The van der Waals surface area contributed by atoms with Gasteiger partial charge in [0, 0.05) is 27.2 Å². The number of rotatable bonds is 3. The van der Waals surface area contributed by atoms with E-state index in [2.05, 4.69) is 180 Å². The van der Waals surface area contributed by atoms with Crippen molar-refractivity contribution in [1.82, 2.24) is 4.57 Å². The van der Waals surface area contributed by atoms with E-state index < -0.39 is 0 Å². The van der Waals surface area contributed by atoms with Crippen molar-refractivity contribution in [2.75, 3.05) is 0 Å². The maximum Gasteiger partial charge on any atom is 0.0619 e. The lowest BCUT2D eigenvalue weighted by atomic mass is 9.86. The minimum Gasteiger partial charge on any atom is -0.308 e. The molecule has 0 saturated carbocycles. The second-order valence-electron chi connectivity index (χ2n) is 12.5. The van der Waals surface area contributed by atoms with Crippen LogP contribution in [0.1, 0.15) is 0 Å². The van der Waals surface area contributed by atoms with E-state index in [4.69, 9.17) is 0 Å². The summed E-state index contributed by atoms with van der Waals surface area (Å²) in [4.78, 5) is 0. The van der Waals surface area contributed by atoms with Crippen LogP contribution >= 0.6 is 0 Å². The molecule has 47 heavy (non-hydrogen) atoms. The molecular weight excluding hydrogens is 567 g/mol. The van der Waals surface area contributed by atoms with E-state index in [0.29, 0.717) is 0 Å². The van der Waals surface area contributed by atoms with Crippen LogP contribution in [-0.4, -0.2) is 4.57 Å². The molecule has 0 spiro atoms. The molecule has 1 heteroatoms. The van der Waals surface area contributed by atoms with Crippen LogP contribution in [0.4, 0.5) is 0 Å². The highest BCUT2D eigenvalue weighted by molar-refractivity contribution is 6.24. The molecule has 0 radical (unpaired) electrons. The van der Waals surface area contributed by atoms with Gasteiger partial charge in [0.1, 0.15) is 0 Å². The Morgan fingerprint density at radius 3 is 1.23 bits per heavy atom. The van der Waals surface area contributed by atoms with E-state index in [1.807, 2.05) is 0 Å². The minimum atomic E-state index is 1.16. The van der Waals surface area contributed by atoms with E-state index >= 15 is 0 Å². The van der Waals surface area contributed by atoms with Gasteiger partial charge in [-0.1, -0.05) is 164 Å². The second-order valence-corrected chi connectivity index (χ2v) is 12.5. The number of nitrogens with zero attached hydrogens (tertiary/aromatic N) is 1. The van der Waals surface area contributed by atoms with Gasteiger partial charge in [0.25, 0.3) is 0 Å². The molecule has 0 N–H and O–H groups in total. The Bertz CT molecular complexity index is 2690. The van der Waals surface area contributed by atoms with Gasteiger partial charge < -0.3 is 4.57 Å². The minimum absolute atomic E-state index is 1.16. The van der Waals surface area contributed by atoms with Crippen molar-refractivity contribution in [3.8, 4) is 27.9 Å². The summed E-state index contributed by atoms with van der Waals surface area (Å²) in [5.74, 6) is 0. The lowest BCUT2D eigenvalue weighted by Gasteiger charge is -2.18. The number of hydrogen-bond acceptors (Lipinski definition) is 0. The molecule has 1 aromatic heterocycles. The molecule has 1 heterocycles. The van der Waals surface area contributed by atoms with Gasteiger partial charge in [-0.15, -0.1) is 0 Å². The zero-order valence-corrected chi connectivity index (χ0v) is 25.7. The smallest absolute Gasteiger partial charge is 0.0619 e. The van der Waals surface area contributed by atoms with Gasteiger partial charge in [-0.2, -0.15) is 0 Å². The average molecular weight is 596 g/mol. The first kappa shape index (κ1) is 26.1. The molecule has 0 atom stereocenters. The van der Waals surface area contributed by atoms with Crippen molar-refractivity contribution < 1.29 is 0 Å². The van der Waals surface area contributed by atoms with Crippen molar-refractivity contribution in [1.29, 1.82) is 0 Å². The molecule has 10 rings (SSSR count). The highest BCUT2D eigenvalue weighted by Gasteiger charge is 2.20. The Morgan fingerprint density at radius 1 is 0.277 bits per heavy atom. The van der Waals surface area contributed by atoms with Crippen LogP contribution in [0.15, 0.2) is 176 Å². The van der Waals surface area contributed by atoms with Crippen LogP contribution < -0.4 is 0 Å². The van der Waals surface area contributed by atoms with Crippen LogP contribution in [0.2, 0.25) is 0 Å². The summed E-state index contributed by atoms with van der Waals surface area (Å²) >= 11 is 0. The molecule has 0 aliphatic heterocycles. The Morgan fingerprint density at radius 2 is 0.702 bits per heavy atom. The summed E-state index contributed by atoms with van der Waals surface area (Å²) in [7, 11) is 0. The van der Waals surface area contributed by atoms with E-state index in [9.17, 15) is 0 Å². The van der Waals surface area contributed by atoms with Crippen LogP contribution in [0, 0.1) is 0 Å². The molecule has 1 nitrogen and oxygen atoms in total. The van der Waals surface area contributed by atoms with Crippen LogP contribution in [0.25, 0.3) is 92.8 Å². The quantitative estimate of drug-likeness (QED) is 0.179. The van der Waals surface area contributed by atoms with Crippen molar-refractivity contribution in [2.24, 2.45) is 0 Å². The fourth-order valence-corrected chi connectivity index (χ4v) is 7.95. The molecule has 0 amide bonds. The molecular formula is C46H29N. The standard InChI is InChI=1S/C46H29N/c1-2-15-32(16-3-1)43-37-21-8-10-23-39(37)44(40-24-11-9-22-38(40)43)33-17-12-18-34(29-33)47-45-35-19-6-4-13-30(35)25-27-41(45)42-28-26-31-14-5-7-20-36(31)46(42)47/h1-29H. The largest absolute Gasteiger partial charge is 0.308 e. The summed E-state index contributed by atoms with van der Waals surface area (Å²) in [5.41, 5.74) is 8.68. The van der Waals surface area contributed by atoms with E-state index in [1.165, 1.54) is 87.1 Å². The van der Waals surface area contributed by atoms with Crippen LogP contribution in [0.3, 0.4) is 0 Å². The van der Waals surface area contributed by atoms with E-state index in [0.717, 1.165) is 5.69 Å². The normalized spacial score (nSPS) is 11.8. The topological polar surface area (TPSA) is 4.93 Å². The highest BCUT2D eigenvalue weighted by atomic mass is 15.0. The zero-order valence-electron chi connectivity index (χ0n) is 25.7. The highest BCUT2D eigenvalue weighted by Crippen LogP contribution is 2.45. The van der Waals surface area contributed by atoms with Crippen molar-refractivity contribution >= 4 is 64.9 Å². The third kappa shape index (κ3) is 3.84. The number of fused-ring (bicyclic) bond motifs is 9. The molecule has 0 bridgehead atoms. The van der Waals surface area contributed by atoms with Crippen molar-refractivity contribution in [2.45, 2.75) is 0 Å². The lowest BCUT2D eigenvalue weighted by molar-refractivity contribution is 1.19. The maximum atomic E-state index is 2.52. The second kappa shape index (κ2) is 10.2. The van der Waals surface area contributed by atoms with Gasteiger partial charge in [-0.3, -0.25) is 0 Å². The Balaban J connectivity index is 1.33. The maximum absolute atomic E-state index is 2.52. The molecule has 10 aromatic rings. The number of aromatic nitrogens is 1. The predicted octanol–water partition coefficient (Wildman–Crippen LogP) is 12.7. The molecule has 0 aliphatic rings. The van der Waals surface area contributed by atoms with Crippen molar-refractivity contribution in [3.63, 3.8) is 0 Å². The first-order valence-corrected chi connectivity index (χ1v) is 16.3. The molecule has 0 saturated heterocycles. The van der Waals surface area contributed by atoms with Gasteiger partial charge in [0.15, 0.2) is 0 Å². The average Bonchev–Trinajstić information content (AvgIpc) is 3.50. The van der Waals surface area contributed by atoms with Gasteiger partial charge in [0.2, 0.25) is 0 Å². The summed E-state index contributed by atoms with van der Waals surface area (Å²) < 4.78 is 2.52. The molecule has 0 aliphatic carbocycles. The third-order valence-corrected chi connectivity index (χ3v) is 9.93. The van der Waals surface area contributed by atoms with Gasteiger partial charge in [0.05, 0.1) is 11.0 Å². The lowest BCUT2D eigenvalue weighted by Crippen LogP contribution is -1.96. The first-order chi connectivity index (χ1) is 23.3. The monoisotopic (exact) mass is 595 g/mol. The van der Waals surface area contributed by atoms with Gasteiger partial charge >= 0.3 is 0 Å². The molecule has 9 aromatic carbocycles. The Hall–Kier alpha value is -6.18. The third-order valence-electron chi connectivity index (χ3n) is 9.93. The van der Waals surface area contributed by atoms with Gasteiger partial charge in [-0.05, 0) is 66.7 Å². The fourth-order valence-electron chi connectivity index (χ4n) is 7.95. The number of hydrogen-bond donors (Lipinski definition) is 0. The summed E-state index contributed by atoms with van der Waals surface area (Å²) in [6.45, 7) is 0. The van der Waals surface area contributed by atoms with E-state index in [-0.39, 0.29) is 0 Å². The summed E-state index contributed by atoms with van der Waals surface area (Å²) in [5, 5.41) is 12.6. The zero-order chi connectivity index (χ0) is 30.9. The number of benzene rings is 9. The first-order valence-electron chi connectivity index (χ1n) is 16.3. The van der Waals surface area contributed by atoms with Crippen LogP contribution in [0.5, 0.6) is 0 Å². The van der Waals surface area contributed by atoms with Crippen molar-refractivity contribution in [3.05, 3.63) is 176 Å². The summed E-state index contributed by atoms with van der Waals surface area (Å²) in [6.07, 6.45) is 0. The molecule has 0 unspecified atom stereocenters. The van der Waals surface area contributed by atoms with Crippen LogP contribution in [-0.2, 0) is 0 Å².